The highest BCUT2D eigenvalue weighted by atomic mass is 16.4. The van der Waals surface area contributed by atoms with Crippen LogP contribution in [0.25, 0.3) is 0 Å². The lowest BCUT2D eigenvalue weighted by Gasteiger charge is -2.17. The van der Waals surface area contributed by atoms with E-state index in [1.165, 1.54) is 0 Å². The van der Waals surface area contributed by atoms with Crippen molar-refractivity contribution in [3.8, 4) is 0 Å². The maximum Gasteiger partial charge on any atom is 0.314 e. The van der Waals surface area contributed by atoms with Crippen LogP contribution in [0.15, 0.2) is 0 Å². The zero-order valence-corrected chi connectivity index (χ0v) is 12.1. The van der Waals surface area contributed by atoms with Crippen molar-refractivity contribution in [2.75, 3.05) is 32.7 Å². The van der Waals surface area contributed by atoms with E-state index in [0.717, 1.165) is 45.4 Å². The molecule has 112 valence electrons. The lowest BCUT2D eigenvalue weighted by molar-refractivity contribution is -0.137. The fourth-order valence-electron chi connectivity index (χ4n) is 1.94. The number of carbonyl (C=O) groups is 2. The predicted molar refractivity (Wildman–Crippen MR) is 75.0 cm³/mol. The number of carboxylic acids is 1. The van der Waals surface area contributed by atoms with E-state index in [4.69, 9.17) is 10.8 Å². The number of likely N-dealkylation sites (tertiary alicyclic amines) is 1. The van der Waals surface area contributed by atoms with Gasteiger partial charge in [0.2, 0.25) is 0 Å². The molecule has 1 heterocycles. The topological polar surface area (TPSA) is 86.9 Å². The largest absolute Gasteiger partial charge is 0.481 e. The van der Waals surface area contributed by atoms with Gasteiger partial charge >= 0.3 is 12.0 Å². The number of primary amides is 1. The monoisotopic (exact) mass is 273 g/mol. The highest BCUT2D eigenvalue weighted by molar-refractivity contribution is 5.72. The number of nitrogens with zero attached hydrogens (tertiary/aromatic N) is 2. The third-order valence-corrected chi connectivity index (χ3v) is 3.05. The third-order valence-electron chi connectivity index (χ3n) is 3.05. The van der Waals surface area contributed by atoms with Gasteiger partial charge in [0, 0.05) is 19.6 Å². The molecule has 1 aliphatic rings. The Labute approximate surface area is 115 Å². The summed E-state index contributed by atoms with van der Waals surface area (Å²) in [5, 5.41) is 8.40. The molecule has 0 unspecified atom stereocenters. The molecule has 0 aromatic carbocycles. The molecule has 1 fully saturated rings. The Morgan fingerprint density at radius 2 is 1.79 bits per heavy atom. The molecule has 0 saturated carbocycles. The van der Waals surface area contributed by atoms with Crippen LogP contribution in [0, 0.1) is 0 Å². The van der Waals surface area contributed by atoms with Gasteiger partial charge < -0.3 is 20.6 Å². The molecule has 0 aromatic rings. The molecule has 2 amide bonds. The second-order valence-corrected chi connectivity index (χ2v) is 4.61. The summed E-state index contributed by atoms with van der Waals surface area (Å²) < 4.78 is 0. The van der Waals surface area contributed by atoms with E-state index >= 15 is 0 Å². The van der Waals surface area contributed by atoms with Gasteiger partial charge in [-0.25, -0.2) is 4.79 Å². The molecule has 0 bridgehead atoms. The number of hydrogen-bond donors (Lipinski definition) is 2. The highest BCUT2D eigenvalue weighted by Crippen LogP contribution is 2.05. The van der Waals surface area contributed by atoms with E-state index in [1.807, 2.05) is 0 Å². The summed E-state index contributed by atoms with van der Waals surface area (Å²) >= 11 is 0. The Hall–Kier alpha value is -1.30. The van der Waals surface area contributed by atoms with Crippen molar-refractivity contribution in [1.82, 2.24) is 9.80 Å². The first kappa shape index (κ1) is 17.7. The Balaban J connectivity index is 0.000000356. The third kappa shape index (κ3) is 9.30. The SMILES string of the molecule is CCCN(CC)CCC(=O)O.NC(=O)N1CCCC1. The fourth-order valence-corrected chi connectivity index (χ4v) is 1.94. The molecular weight excluding hydrogens is 246 g/mol. The number of aliphatic carboxylic acids is 1. The van der Waals surface area contributed by atoms with Crippen molar-refractivity contribution in [2.45, 2.75) is 39.5 Å². The van der Waals surface area contributed by atoms with Crippen molar-refractivity contribution in [2.24, 2.45) is 5.73 Å². The van der Waals surface area contributed by atoms with Gasteiger partial charge in [-0.3, -0.25) is 4.79 Å². The zero-order chi connectivity index (χ0) is 14.7. The number of amides is 2. The average molecular weight is 273 g/mol. The van der Waals surface area contributed by atoms with Crippen LogP contribution in [0.5, 0.6) is 0 Å². The van der Waals surface area contributed by atoms with Crippen molar-refractivity contribution < 1.29 is 14.7 Å². The highest BCUT2D eigenvalue weighted by Gasteiger charge is 2.13. The summed E-state index contributed by atoms with van der Waals surface area (Å²) in [5.41, 5.74) is 4.98. The first-order valence-corrected chi connectivity index (χ1v) is 6.99. The minimum Gasteiger partial charge on any atom is -0.481 e. The van der Waals surface area contributed by atoms with Crippen LogP contribution in [0.4, 0.5) is 4.79 Å². The number of carboxylic acid groups (broad SMARTS) is 1. The quantitative estimate of drug-likeness (QED) is 0.765. The Morgan fingerprint density at radius 3 is 2.11 bits per heavy atom. The Kier molecular flexibility index (Phi) is 9.88. The number of nitrogens with two attached hydrogens (primary N) is 1. The molecule has 1 saturated heterocycles. The van der Waals surface area contributed by atoms with Crippen LogP contribution in [-0.4, -0.2) is 59.6 Å². The smallest absolute Gasteiger partial charge is 0.314 e. The molecule has 0 spiro atoms. The lowest BCUT2D eigenvalue weighted by Crippen LogP contribution is -2.32. The number of urea groups is 1. The van der Waals surface area contributed by atoms with Crippen LogP contribution in [0.1, 0.15) is 39.5 Å². The van der Waals surface area contributed by atoms with E-state index in [-0.39, 0.29) is 12.5 Å². The van der Waals surface area contributed by atoms with E-state index in [0.29, 0.717) is 6.54 Å². The van der Waals surface area contributed by atoms with E-state index in [9.17, 15) is 9.59 Å². The predicted octanol–water partition coefficient (Wildman–Crippen LogP) is 1.35. The van der Waals surface area contributed by atoms with Gasteiger partial charge in [0.1, 0.15) is 0 Å². The number of hydrogen-bond acceptors (Lipinski definition) is 3. The standard InChI is InChI=1S/C8H17NO2.C5H10N2O/c1-3-6-9(4-2)7-5-8(10)11;6-5(8)7-3-1-2-4-7/h3-7H2,1-2H3,(H,10,11);1-4H2,(H2,6,8). The Bertz CT molecular complexity index is 266. The molecule has 0 radical (unpaired) electrons. The summed E-state index contributed by atoms with van der Waals surface area (Å²) in [6, 6.07) is -0.275. The van der Waals surface area contributed by atoms with Gasteiger partial charge in [-0.2, -0.15) is 0 Å². The first-order valence-electron chi connectivity index (χ1n) is 6.99. The van der Waals surface area contributed by atoms with Gasteiger partial charge in [0.25, 0.3) is 0 Å². The fraction of sp³-hybridized carbons (Fsp3) is 0.846. The number of rotatable bonds is 6. The molecule has 1 rings (SSSR count). The summed E-state index contributed by atoms with van der Waals surface area (Å²) in [6.07, 6.45) is 3.58. The van der Waals surface area contributed by atoms with Crippen LogP contribution in [-0.2, 0) is 4.79 Å². The lowest BCUT2D eigenvalue weighted by atomic mass is 10.3. The van der Waals surface area contributed by atoms with Gasteiger partial charge in [-0.05, 0) is 32.4 Å². The molecule has 0 atom stereocenters. The van der Waals surface area contributed by atoms with Crippen molar-refractivity contribution in [3.05, 3.63) is 0 Å². The molecule has 19 heavy (non-hydrogen) atoms. The minimum absolute atomic E-state index is 0.258. The summed E-state index contributed by atoms with van der Waals surface area (Å²) in [7, 11) is 0. The van der Waals surface area contributed by atoms with Gasteiger partial charge in [-0.1, -0.05) is 13.8 Å². The molecule has 1 aliphatic heterocycles. The van der Waals surface area contributed by atoms with Crippen molar-refractivity contribution in [1.29, 1.82) is 0 Å². The maximum atomic E-state index is 10.3. The molecule has 0 aromatic heterocycles. The van der Waals surface area contributed by atoms with Crippen LogP contribution in [0.2, 0.25) is 0 Å². The zero-order valence-electron chi connectivity index (χ0n) is 12.1. The molecule has 6 heteroatoms. The van der Waals surface area contributed by atoms with E-state index < -0.39 is 5.97 Å². The average Bonchev–Trinajstić information content (AvgIpc) is 2.89. The molecular formula is C13H27N3O3. The normalized spacial score (nSPS) is 14.2. The van der Waals surface area contributed by atoms with Crippen molar-refractivity contribution in [3.63, 3.8) is 0 Å². The van der Waals surface area contributed by atoms with Gasteiger partial charge in [0.05, 0.1) is 6.42 Å². The molecule has 0 aliphatic carbocycles. The van der Waals surface area contributed by atoms with Crippen molar-refractivity contribution >= 4 is 12.0 Å². The minimum atomic E-state index is -0.709. The summed E-state index contributed by atoms with van der Waals surface area (Å²) in [4.78, 5) is 24.4. The van der Waals surface area contributed by atoms with Crippen LogP contribution in [0.3, 0.4) is 0 Å². The van der Waals surface area contributed by atoms with Gasteiger partial charge in [0.15, 0.2) is 0 Å². The van der Waals surface area contributed by atoms with E-state index in [1.54, 1.807) is 4.90 Å². The second kappa shape index (κ2) is 10.6. The summed E-state index contributed by atoms with van der Waals surface area (Å²) in [5.74, 6) is -0.709. The van der Waals surface area contributed by atoms with Crippen LogP contribution < -0.4 is 5.73 Å². The Morgan fingerprint density at radius 1 is 1.21 bits per heavy atom. The van der Waals surface area contributed by atoms with Crippen LogP contribution >= 0.6 is 0 Å². The summed E-state index contributed by atoms with van der Waals surface area (Å²) in [6.45, 7) is 8.50. The second-order valence-electron chi connectivity index (χ2n) is 4.61. The molecule has 6 nitrogen and oxygen atoms in total. The molecule has 3 N–H and O–H groups in total. The first-order chi connectivity index (χ1) is 9.01. The number of carbonyl (C=O) groups excluding carboxylic acids is 1. The maximum absolute atomic E-state index is 10.3. The van der Waals surface area contributed by atoms with E-state index in [2.05, 4.69) is 18.7 Å². The van der Waals surface area contributed by atoms with Gasteiger partial charge in [-0.15, -0.1) is 0 Å².